The molecule has 1 aromatic carbocycles. The summed E-state index contributed by atoms with van der Waals surface area (Å²) < 4.78 is 1.21. The number of nitro benzene ring substituents is 3. The second kappa shape index (κ2) is 9.81. The number of amidine groups is 1. The molecule has 1 aliphatic rings. The fraction of sp³-hybridized carbons (Fsp3) is 0.500. The smallest absolute Gasteiger partial charge is 0.304 e. The first-order chi connectivity index (χ1) is 12.9. The van der Waals surface area contributed by atoms with Crippen molar-refractivity contribution in [2.75, 3.05) is 11.0 Å². The number of nitrogens with zero attached hydrogens (tertiary/aromatic N) is 3. The third-order valence-electron chi connectivity index (χ3n) is 3.07. The van der Waals surface area contributed by atoms with Crippen LogP contribution >= 0.6 is 34.4 Å². The van der Waals surface area contributed by atoms with Gasteiger partial charge in [-0.1, -0.05) is 22.6 Å². The molecule has 0 bridgehead atoms. The van der Waals surface area contributed by atoms with Crippen LogP contribution in [0.4, 0.5) is 17.1 Å². The molecule has 0 aliphatic carbocycles. The van der Waals surface area contributed by atoms with E-state index in [1.165, 1.54) is 9.60 Å². The van der Waals surface area contributed by atoms with Gasteiger partial charge in [-0.15, -0.1) is 0 Å². The van der Waals surface area contributed by atoms with Gasteiger partial charge in [0.1, 0.15) is 0 Å². The minimum atomic E-state index is -1.46. The van der Waals surface area contributed by atoms with E-state index in [1.54, 1.807) is 0 Å². The first-order valence-corrected chi connectivity index (χ1v) is 10.2. The second-order valence-corrected chi connectivity index (χ2v) is 8.76. The van der Waals surface area contributed by atoms with Gasteiger partial charge >= 0.3 is 5.17 Å². The average molecular weight is 527 g/mol. The molecule has 0 aromatic heterocycles. The molecule has 0 saturated carbocycles. The molecule has 0 fully saturated rings. The van der Waals surface area contributed by atoms with Crippen molar-refractivity contribution in [2.24, 2.45) is 0 Å². The predicted octanol–water partition coefficient (Wildman–Crippen LogP) is 0.846. The molecule has 1 aliphatic heterocycles. The maximum Gasteiger partial charge on any atom is 0.304 e. The Morgan fingerprint density at radius 3 is 1.96 bits per heavy atom. The third-order valence-corrected chi connectivity index (χ3v) is 5.88. The van der Waals surface area contributed by atoms with Gasteiger partial charge in [0.25, 0.3) is 17.1 Å². The summed E-state index contributed by atoms with van der Waals surface area (Å²) in [6.07, 6.45) is 0. The molecule has 0 radical (unpaired) electrons. The second-order valence-electron chi connectivity index (χ2n) is 6.56. The molecule has 1 atom stereocenters. The molecule has 1 heterocycles. The van der Waals surface area contributed by atoms with Crippen LogP contribution in [0, 0.1) is 30.3 Å². The zero-order valence-corrected chi connectivity index (χ0v) is 18.1. The fourth-order valence-electron chi connectivity index (χ4n) is 1.92. The summed E-state index contributed by atoms with van der Waals surface area (Å²) in [7, 11) is 0. The van der Waals surface area contributed by atoms with E-state index in [2.05, 4.69) is 53.7 Å². The van der Waals surface area contributed by atoms with Crippen molar-refractivity contribution in [3.05, 3.63) is 42.5 Å². The van der Waals surface area contributed by atoms with Crippen molar-refractivity contribution in [1.82, 2.24) is 5.32 Å². The van der Waals surface area contributed by atoms with Crippen LogP contribution in [0.2, 0.25) is 0 Å². The fourth-order valence-corrected chi connectivity index (χ4v) is 3.86. The number of rotatable bonds is 4. The number of thioether (sulfide) groups is 1. The van der Waals surface area contributed by atoms with Crippen molar-refractivity contribution in [3.63, 3.8) is 0 Å². The summed E-state index contributed by atoms with van der Waals surface area (Å²) in [5.74, 6) is -1.46. The Morgan fingerprint density at radius 1 is 1.14 bits per heavy atom. The van der Waals surface area contributed by atoms with E-state index in [4.69, 9.17) is 0 Å². The van der Waals surface area contributed by atoms with E-state index >= 15 is 0 Å². The molecular formula is C14H18IN5O7S. The van der Waals surface area contributed by atoms with Gasteiger partial charge in [0, 0.05) is 4.43 Å². The summed E-state index contributed by atoms with van der Waals surface area (Å²) in [5.41, 5.74) is -3.09. The Bertz CT molecular complexity index is 777. The Morgan fingerprint density at radius 2 is 1.64 bits per heavy atom. The number of non-ortho nitro benzene ring substituents is 1. The van der Waals surface area contributed by atoms with Crippen LogP contribution in [0.25, 0.3) is 0 Å². The average Bonchev–Trinajstić information content (AvgIpc) is 3.00. The van der Waals surface area contributed by atoms with Crippen LogP contribution in [0.1, 0.15) is 20.8 Å². The van der Waals surface area contributed by atoms with Gasteiger partial charge in [0.15, 0.2) is 0 Å². The molecule has 2 rings (SSSR count). The van der Waals surface area contributed by atoms with Crippen molar-refractivity contribution < 1.29 is 24.9 Å². The largest absolute Gasteiger partial charge is 0.863 e. The van der Waals surface area contributed by atoms with Gasteiger partial charge < -0.3 is 5.11 Å². The number of alkyl halides is 1. The summed E-state index contributed by atoms with van der Waals surface area (Å²) in [6, 6.07) is 0.769. The molecule has 154 valence electrons. The lowest BCUT2D eigenvalue weighted by atomic mass is 10.1. The van der Waals surface area contributed by atoms with Gasteiger partial charge in [-0.2, -0.15) is 0 Å². The molecular weight excluding hydrogens is 509 g/mol. The Hall–Kier alpha value is -2.23. The minimum Gasteiger partial charge on any atom is -0.863 e. The highest BCUT2D eigenvalue weighted by Crippen LogP contribution is 2.36. The van der Waals surface area contributed by atoms with Crippen LogP contribution in [0.15, 0.2) is 12.1 Å². The van der Waals surface area contributed by atoms with Crippen LogP contribution in [0.3, 0.4) is 0 Å². The maximum atomic E-state index is 11.1. The normalized spacial score (nSPS) is 15.9. The van der Waals surface area contributed by atoms with Crippen LogP contribution in [-0.2, 0) is 0 Å². The standard InChI is InChI=1S/C8H15IN2S.C6H3N3O7/c1-8(2,3)11-7-10-5-6(4-9)12-7;10-6-4(8(13)14)1-3(7(11)12)2-5(6)9(15)16/h6H,4-5H2,1-3H3,(H,10,11);1-2,10H. The molecule has 1 unspecified atom stereocenters. The van der Waals surface area contributed by atoms with Crippen molar-refractivity contribution >= 4 is 56.6 Å². The first-order valence-electron chi connectivity index (χ1n) is 7.75. The van der Waals surface area contributed by atoms with Gasteiger partial charge in [0.05, 0.1) is 50.0 Å². The molecule has 0 saturated heterocycles. The molecule has 1 aromatic rings. The summed E-state index contributed by atoms with van der Waals surface area (Å²) in [4.78, 5) is 30.9. The van der Waals surface area contributed by atoms with Gasteiger partial charge in [-0.3, -0.25) is 40.7 Å². The van der Waals surface area contributed by atoms with Gasteiger partial charge in [-0.05, 0) is 32.5 Å². The SMILES string of the molecule is CC(C)(C)NC1=[NH+]CC(CI)S1.O=[N+]([O-])c1cc([N+](=O)[O-])c([O-])c([N+](=O)[O-])c1. The summed E-state index contributed by atoms with van der Waals surface area (Å²) in [5, 5.41) is 47.5. The summed E-state index contributed by atoms with van der Waals surface area (Å²) in [6.45, 7) is 7.64. The topological polar surface area (TPSA) is 178 Å². The highest BCUT2D eigenvalue weighted by atomic mass is 127. The molecule has 2 N–H and O–H groups in total. The molecule has 0 spiro atoms. The molecule has 0 amide bonds. The van der Waals surface area contributed by atoms with E-state index in [1.807, 2.05) is 11.8 Å². The van der Waals surface area contributed by atoms with Crippen molar-refractivity contribution in [1.29, 1.82) is 0 Å². The van der Waals surface area contributed by atoms with E-state index in [0.717, 1.165) is 11.8 Å². The molecule has 14 heteroatoms. The quantitative estimate of drug-likeness (QED) is 0.249. The van der Waals surface area contributed by atoms with Crippen LogP contribution in [-0.4, -0.2) is 41.7 Å². The van der Waals surface area contributed by atoms with Crippen LogP contribution < -0.4 is 15.4 Å². The Balaban J connectivity index is 0.000000292. The highest BCUT2D eigenvalue weighted by Gasteiger charge is 2.27. The lowest BCUT2D eigenvalue weighted by molar-refractivity contribution is -0.450. The number of nitro groups is 3. The van der Waals surface area contributed by atoms with E-state index in [0.29, 0.717) is 12.1 Å². The lowest BCUT2D eigenvalue weighted by Crippen LogP contribution is -2.74. The van der Waals surface area contributed by atoms with Crippen LogP contribution in [0.5, 0.6) is 5.75 Å². The minimum absolute atomic E-state index is 0.176. The molecule has 12 nitrogen and oxygen atoms in total. The number of nitrogens with one attached hydrogen (secondary N) is 2. The van der Waals surface area contributed by atoms with Gasteiger partial charge in [0.2, 0.25) is 0 Å². The zero-order chi connectivity index (χ0) is 21.6. The number of halogens is 1. The van der Waals surface area contributed by atoms with Gasteiger partial charge in [-0.25, -0.2) is 0 Å². The Kier molecular flexibility index (Phi) is 8.34. The zero-order valence-electron chi connectivity index (χ0n) is 15.1. The monoisotopic (exact) mass is 527 g/mol. The number of hydrogen-bond donors (Lipinski definition) is 2. The third kappa shape index (κ3) is 7.06. The predicted molar refractivity (Wildman–Crippen MR) is 110 cm³/mol. The van der Waals surface area contributed by atoms with E-state index in [-0.39, 0.29) is 5.54 Å². The lowest BCUT2D eigenvalue weighted by Gasteiger charge is -2.14. The maximum absolute atomic E-state index is 11.1. The first kappa shape index (κ1) is 23.8. The summed E-state index contributed by atoms with van der Waals surface area (Å²) >= 11 is 4.36. The number of benzene rings is 1. The molecule has 28 heavy (non-hydrogen) atoms. The Labute approximate surface area is 177 Å². The van der Waals surface area contributed by atoms with E-state index < -0.39 is 37.6 Å². The van der Waals surface area contributed by atoms with Crippen molar-refractivity contribution in [3.8, 4) is 5.75 Å². The van der Waals surface area contributed by atoms with Crippen molar-refractivity contribution in [2.45, 2.75) is 31.6 Å². The number of hydrogen-bond acceptors (Lipinski definition) is 9. The van der Waals surface area contributed by atoms with E-state index in [9.17, 15) is 35.4 Å². The highest BCUT2D eigenvalue weighted by molar-refractivity contribution is 14.1.